The van der Waals surface area contributed by atoms with E-state index < -0.39 is 5.97 Å². The van der Waals surface area contributed by atoms with Crippen LogP contribution in [0.15, 0.2) is 5.38 Å². The van der Waals surface area contributed by atoms with Crippen molar-refractivity contribution in [2.75, 3.05) is 11.9 Å². The maximum absolute atomic E-state index is 11.5. The molecule has 1 aromatic heterocycles. The maximum atomic E-state index is 11.5. The van der Waals surface area contributed by atoms with Crippen molar-refractivity contribution in [3.05, 3.63) is 15.8 Å². The van der Waals surface area contributed by atoms with Gasteiger partial charge in [0, 0.05) is 6.54 Å². The summed E-state index contributed by atoms with van der Waals surface area (Å²) < 4.78 is 0. The van der Waals surface area contributed by atoms with Crippen LogP contribution in [0.2, 0.25) is 0 Å². The Kier molecular flexibility index (Phi) is 4.96. The summed E-state index contributed by atoms with van der Waals surface area (Å²) in [5, 5.41) is 15.9. The predicted molar refractivity (Wildman–Crippen MR) is 67.9 cm³/mol. The number of carboxylic acid groups (broad SMARTS) is 1. The Morgan fingerprint density at radius 1 is 1.47 bits per heavy atom. The van der Waals surface area contributed by atoms with E-state index >= 15 is 0 Å². The number of thiophene rings is 1. The average Bonchev–Trinajstić information content (AvgIpc) is 2.61. The summed E-state index contributed by atoms with van der Waals surface area (Å²) in [6.45, 7) is 4.39. The number of carbonyl (C=O) groups is 2. The summed E-state index contributed by atoms with van der Waals surface area (Å²) in [5.74, 6) is -1.02. The fourth-order valence-corrected chi connectivity index (χ4v) is 2.14. The number of aryl methyl sites for hydroxylation is 1. The molecule has 5 nitrogen and oxygen atoms in total. The Balaban J connectivity index is 2.64. The number of anilines is 1. The number of urea groups is 1. The van der Waals surface area contributed by atoms with Crippen LogP contribution in [-0.2, 0) is 0 Å². The molecule has 0 radical (unpaired) electrons. The van der Waals surface area contributed by atoms with E-state index in [2.05, 4.69) is 10.6 Å². The van der Waals surface area contributed by atoms with Crippen molar-refractivity contribution in [1.82, 2.24) is 5.32 Å². The van der Waals surface area contributed by atoms with Gasteiger partial charge in [0.1, 0.15) is 4.88 Å². The molecule has 94 valence electrons. The Bertz CT molecular complexity index is 415. The third-order valence-electron chi connectivity index (χ3n) is 2.22. The van der Waals surface area contributed by atoms with E-state index in [9.17, 15) is 9.59 Å². The minimum atomic E-state index is -1.02. The molecule has 0 fully saturated rings. The van der Waals surface area contributed by atoms with Gasteiger partial charge in [-0.05, 0) is 24.3 Å². The van der Waals surface area contributed by atoms with E-state index in [1.54, 1.807) is 12.3 Å². The van der Waals surface area contributed by atoms with Crippen LogP contribution in [0.25, 0.3) is 0 Å². The van der Waals surface area contributed by atoms with Crippen molar-refractivity contribution in [2.45, 2.75) is 26.7 Å². The highest BCUT2D eigenvalue weighted by Crippen LogP contribution is 2.27. The molecule has 0 unspecified atom stereocenters. The zero-order valence-corrected chi connectivity index (χ0v) is 10.7. The van der Waals surface area contributed by atoms with Crippen LogP contribution in [0.5, 0.6) is 0 Å². The molecule has 1 aromatic rings. The van der Waals surface area contributed by atoms with Gasteiger partial charge >= 0.3 is 12.0 Å². The van der Waals surface area contributed by atoms with E-state index in [-0.39, 0.29) is 10.9 Å². The minimum absolute atomic E-state index is 0.160. The monoisotopic (exact) mass is 256 g/mol. The zero-order valence-electron chi connectivity index (χ0n) is 9.87. The molecule has 0 saturated heterocycles. The third kappa shape index (κ3) is 3.74. The number of hydrogen-bond acceptors (Lipinski definition) is 3. The van der Waals surface area contributed by atoms with Crippen molar-refractivity contribution in [2.24, 2.45) is 0 Å². The minimum Gasteiger partial charge on any atom is -0.477 e. The number of carbonyl (C=O) groups excluding carboxylic acids is 1. The van der Waals surface area contributed by atoms with Crippen molar-refractivity contribution in [1.29, 1.82) is 0 Å². The second-order valence-corrected chi connectivity index (χ2v) is 4.54. The number of amides is 2. The van der Waals surface area contributed by atoms with Gasteiger partial charge in [-0.25, -0.2) is 9.59 Å². The van der Waals surface area contributed by atoms with Gasteiger partial charge in [-0.1, -0.05) is 13.3 Å². The van der Waals surface area contributed by atoms with E-state index in [0.29, 0.717) is 12.2 Å². The highest BCUT2D eigenvalue weighted by atomic mass is 32.1. The van der Waals surface area contributed by atoms with Crippen LogP contribution in [0.4, 0.5) is 10.5 Å². The lowest BCUT2D eigenvalue weighted by atomic mass is 10.2. The molecule has 1 heterocycles. The lowest BCUT2D eigenvalue weighted by Gasteiger charge is -2.07. The first kappa shape index (κ1) is 13.5. The first-order valence-electron chi connectivity index (χ1n) is 5.42. The van der Waals surface area contributed by atoms with E-state index in [4.69, 9.17) is 5.11 Å². The first-order chi connectivity index (χ1) is 8.06. The van der Waals surface area contributed by atoms with Crippen molar-refractivity contribution in [3.8, 4) is 0 Å². The molecule has 0 aromatic carbocycles. The molecule has 0 aliphatic heterocycles. The summed E-state index contributed by atoms with van der Waals surface area (Å²) in [5.41, 5.74) is 1.15. The number of carboxylic acids is 1. The van der Waals surface area contributed by atoms with Crippen molar-refractivity contribution >= 4 is 29.0 Å². The van der Waals surface area contributed by atoms with Crippen LogP contribution in [-0.4, -0.2) is 23.7 Å². The molecule has 17 heavy (non-hydrogen) atoms. The largest absolute Gasteiger partial charge is 0.477 e. The van der Waals surface area contributed by atoms with Crippen LogP contribution in [0, 0.1) is 6.92 Å². The maximum Gasteiger partial charge on any atom is 0.348 e. The second-order valence-electron chi connectivity index (χ2n) is 3.66. The molecule has 1 rings (SSSR count). The fourth-order valence-electron chi connectivity index (χ4n) is 1.29. The Morgan fingerprint density at radius 3 is 2.76 bits per heavy atom. The molecule has 6 heteroatoms. The Labute approximate surface area is 104 Å². The van der Waals surface area contributed by atoms with Crippen molar-refractivity contribution < 1.29 is 14.7 Å². The number of unbranched alkanes of at least 4 members (excludes halogenated alkanes) is 1. The summed E-state index contributed by atoms with van der Waals surface area (Å²) in [7, 11) is 0. The zero-order chi connectivity index (χ0) is 12.8. The van der Waals surface area contributed by atoms with Gasteiger partial charge < -0.3 is 15.7 Å². The molecule has 0 bridgehead atoms. The van der Waals surface area contributed by atoms with Gasteiger partial charge in [0.15, 0.2) is 0 Å². The normalized spacial score (nSPS) is 10.0. The topological polar surface area (TPSA) is 78.4 Å². The molecular weight excluding hydrogens is 240 g/mol. The van der Waals surface area contributed by atoms with Gasteiger partial charge in [0.25, 0.3) is 0 Å². The third-order valence-corrected chi connectivity index (χ3v) is 3.31. The van der Waals surface area contributed by atoms with E-state index in [1.807, 2.05) is 6.92 Å². The fraction of sp³-hybridized carbons (Fsp3) is 0.455. The number of nitrogens with one attached hydrogen (secondary N) is 2. The van der Waals surface area contributed by atoms with Gasteiger partial charge in [-0.2, -0.15) is 0 Å². The number of hydrogen-bond donors (Lipinski definition) is 3. The van der Waals surface area contributed by atoms with E-state index in [1.165, 1.54) is 0 Å². The predicted octanol–water partition coefficient (Wildman–Crippen LogP) is 2.68. The smallest absolute Gasteiger partial charge is 0.348 e. The summed E-state index contributed by atoms with van der Waals surface area (Å²) >= 11 is 1.11. The highest BCUT2D eigenvalue weighted by Gasteiger charge is 2.16. The number of rotatable bonds is 5. The average molecular weight is 256 g/mol. The lowest BCUT2D eigenvalue weighted by molar-refractivity contribution is 0.0703. The molecule has 0 saturated carbocycles. The molecule has 2 amide bonds. The van der Waals surface area contributed by atoms with Crippen molar-refractivity contribution in [3.63, 3.8) is 0 Å². The Morgan fingerprint density at radius 2 is 2.18 bits per heavy atom. The standard InChI is InChI=1S/C11H16N2O3S/c1-3-4-5-12-11(16)13-8-7(2)6-17-9(8)10(14)15/h6H,3-5H2,1-2H3,(H,14,15)(H2,12,13,16). The van der Waals surface area contributed by atoms with Gasteiger partial charge in [0.2, 0.25) is 0 Å². The van der Waals surface area contributed by atoms with Crippen LogP contribution >= 0.6 is 11.3 Å². The van der Waals surface area contributed by atoms with Gasteiger partial charge in [0.05, 0.1) is 5.69 Å². The summed E-state index contributed by atoms with van der Waals surface area (Å²) in [6.07, 6.45) is 1.90. The van der Waals surface area contributed by atoms with Crippen LogP contribution in [0.1, 0.15) is 35.0 Å². The lowest BCUT2D eigenvalue weighted by Crippen LogP contribution is -2.30. The van der Waals surface area contributed by atoms with Gasteiger partial charge in [-0.3, -0.25) is 0 Å². The summed E-state index contributed by atoms with van der Waals surface area (Å²) in [6, 6.07) is -0.359. The molecule has 0 aliphatic rings. The molecule has 0 atom stereocenters. The van der Waals surface area contributed by atoms with E-state index in [0.717, 1.165) is 29.7 Å². The molecule has 0 aliphatic carbocycles. The SMILES string of the molecule is CCCCNC(=O)Nc1c(C)csc1C(=O)O. The highest BCUT2D eigenvalue weighted by molar-refractivity contribution is 7.12. The second kappa shape index (κ2) is 6.24. The van der Waals surface area contributed by atoms with Crippen LogP contribution < -0.4 is 10.6 Å². The molecule has 3 N–H and O–H groups in total. The quantitative estimate of drug-likeness (QED) is 0.709. The van der Waals surface area contributed by atoms with Crippen LogP contribution in [0.3, 0.4) is 0 Å². The van der Waals surface area contributed by atoms with Gasteiger partial charge in [-0.15, -0.1) is 11.3 Å². The molecule has 0 spiro atoms. The first-order valence-corrected chi connectivity index (χ1v) is 6.30. The summed E-state index contributed by atoms with van der Waals surface area (Å²) in [4.78, 5) is 22.6. The Hall–Kier alpha value is -1.56. The number of aromatic carboxylic acids is 1. The molecular formula is C11H16N2O3S.